The van der Waals surface area contributed by atoms with Gasteiger partial charge in [-0.15, -0.1) is 23.5 Å². The first-order chi connectivity index (χ1) is 6.51. The van der Waals surface area contributed by atoms with E-state index in [1.807, 2.05) is 0 Å². The molecule has 0 aromatic heterocycles. The van der Waals surface area contributed by atoms with Crippen molar-refractivity contribution in [2.45, 2.75) is 51.5 Å². The van der Waals surface area contributed by atoms with Gasteiger partial charge in [-0.05, 0) is 35.7 Å². The van der Waals surface area contributed by atoms with Crippen molar-refractivity contribution >= 4 is 23.5 Å². The molecule has 1 saturated heterocycles. The van der Waals surface area contributed by atoms with Gasteiger partial charge in [-0.1, -0.05) is 34.1 Å². The minimum absolute atomic E-state index is 0.517. The lowest BCUT2D eigenvalue weighted by molar-refractivity contribution is 0.372. The van der Waals surface area contributed by atoms with Gasteiger partial charge in [-0.25, -0.2) is 0 Å². The summed E-state index contributed by atoms with van der Waals surface area (Å²) in [6.07, 6.45) is 4.13. The molecule has 0 unspecified atom stereocenters. The summed E-state index contributed by atoms with van der Waals surface area (Å²) in [5.41, 5.74) is 0.517. The molecule has 0 aromatic carbocycles. The predicted octanol–water partition coefficient (Wildman–Crippen LogP) is 4.65. The highest BCUT2D eigenvalue weighted by molar-refractivity contribution is 8.17. The van der Waals surface area contributed by atoms with E-state index in [9.17, 15) is 0 Å². The summed E-state index contributed by atoms with van der Waals surface area (Å²) in [5, 5.41) is 0. The molecule has 1 fully saturated rings. The normalized spacial score (nSPS) is 29.1. The van der Waals surface area contributed by atoms with Gasteiger partial charge in [0.2, 0.25) is 0 Å². The van der Waals surface area contributed by atoms with Crippen molar-refractivity contribution in [1.82, 2.24) is 0 Å². The summed E-state index contributed by atoms with van der Waals surface area (Å²) >= 11 is 4.40. The lowest BCUT2D eigenvalue weighted by Gasteiger charge is -2.29. The fourth-order valence-corrected chi connectivity index (χ4v) is 4.79. The largest absolute Gasteiger partial charge is 0.147 e. The Kier molecular flexibility index (Phi) is 5.19. The van der Waals surface area contributed by atoms with Crippen LogP contribution in [0, 0.1) is 11.3 Å². The summed E-state index contributed by atoms with van der Waals surface area (Å²) in [7, 11) is 0. The van der Waals surface area contributed by atoms with Gasteiger partial charge >= 0.3 is 0 Å². The van der Waals surface area contributed by atoms with Crippen molar-refractivity contribution in [3.05, 3.63) is 0 Å². The Morgan fingerprint density at radius 2 is 1.71 bits per heavy atom. The van der Waals surface area contributed by atoms with Gasteiger partial charge in [0.15, 0.2) is 0 Å². The topological polar surface area (TPSA) is 0 Å². The Labute approximate surface area is 98.0 Å². The van der Waals surface area contributed by atoms with E-state index in [1.54, 1.807) is 0 Å². The van der Waals surface area contributed by atoms with Crippen molar-refractivity contribution in [3.63, 3.8) is 0 Å². The quantitative estimate of drug-likeness (QED) is 0.695. The number of thioether (sulfide) groups is 2. The highest BCUT2D eigenvalue weighted by atomic mass is 32.2. The molecule has 0 atom stereocenters. The molecule has 0 radical (unpaired) electrons. The molecule has 0 amide bonds. The van der Waals surface area contributed by atoms with Crippen LogP contribution in [0.5, 0.6) is 0 Å². The van der Waals surface area contributed by atoms with E-state index in [-0.39, 0.29) is 0 Å². The van der Waals surface area contributed by atoms with Crippen molar-refractivity contribution in [2.75, 3.05) is 11.5 Å². The zero-order chi connectivity index (χ0) is 10.6. The second-order valence-corrected chi connectivity index (χ2v) is 8.24. The summed E-state index contributed by atoms with van der Waals surface area (Å²) in [4.78, 5) is 0. The van der Waals surface area contributed by atoms with Crippen LogP contribution in [0.3, 0.4) is 0 Å². The smallest absolute Gasteiger partial charge is 0.0502 e. The molecular formula is C12H24S2. The highest BCUT2D eigenvalue weighted by Crippen LogP contribution is 2.39. The maximum atomic E-state index is 2.35. The fourth-order valence-electron chi connectivity index (χ4n) is 1.54. The number of hydrogen-bond donors (Lipinski definition) is 0. The molecule has 1 heterocycles. The maximum Gasteiger partial charge on any atom is 0.0502 e. The average molecular weight is 232 g/mol. The molecule has 1 aliphatic heterocycles. The summed E-state index contributed by atoms with van der Waals surface area (Å²) in [6, 6.07) is 0. The van der Waals surface area contributed by atoms with Crippen molar-refractivity contribution in [1.29, 1.82) is 0 Å². The highest BCUT2D eigenvalue weighted by Gasteiger charge is 2.22. The zero-order valence-electron chi connectivity index (χ0n) is 10.0. The van der Waals surface area contributed by atoms with E-state index < -0.39 is 0 Å². The molecule has 2 heteroatoms. The SMILES string of the molecule is CCC1CSC(CCC(C)(C)C)SC1. The number of rotatable bonds is 3. The molecule has 0 bridgehead atoms. The Morgan fingerprint density at radius 3 is 2.14 bits per heavy atom. The second kappa shape index (κ2) is 5.69. The standard InChI is InChI=1S/C12H24S2/c1-5-10-8-13-11(14-9-10)6-7-12(2,3)4/h10-11H,5-9H2,1-4H3. The third-order valence-corrected chi connectivity index (χ3v) is 6.10. The Hall–Kier alpha value is 0.700. The van der Waals surface area contributed by atoms with Gasteiger partial charge in [-0.3, -0.25) is 0 Å². The van der Waals surface area contributed by atoms with Gasteiger partial charge in [0.25, 0.3) is 0 Å². The van der Waals surface area contributed by atoms with E-state index in [2.05, 4.69) is 51.2 Å². The van der Waals surface area contributed by atoms with Crippen LogP contribution in [0.15, 0.2) is 0 Å². The van der Waals surface area contributed by atoms with Gasteiger partial charge in [0, 0.05) is 0 Å². The molecular weight excluding hydrogens is 208 g/mol. The van der Waals surface area contributed by atoms with E-state index >= 15 is 0 Å². The van der Waals surface area contributed by atoms with Crippen LogP contribution in [0.1, 0.15) is 47.0 Å². The minimum atomic E-state index is 0.517. The third kappa shape index (κ3) is 4.97. The maximum absolute atomic E-state index is 2.35. The fraction of sp³-hybridized carbons (Fsp3) is 1.00. The van der Waals surface area contributed by atoms with E-state index in [0.29, 0.717) is 5.41 Å². The molecule has 84 valence electrons. The molecule has 1 rings (SSSR count). The minimum Gasteiger partial charge on any atom is -0.147 e. The van der Waals surface area contributed by atoms with Gasteiger partial charge < -0.3 is 0 Å². The lowest BCUT2D eigenvalue weighted by atomic mass is 9.91. The summed E-state index contributed by atoms with van der Waals surface area (Å²) in [5.74, 6) is 3.78. The molecule has 0 spiro atoms. The lowest BCUT2D eigenvalue weighted by Crippen LogP contribution is -2.18. The van der Waals surface area contributed by atoms with Gasteiger partial charge in [0.1, 0.15) is 0 Å². The Balaban J connectivity index is 2.16. The van der Waals surface area contributed by atoms with Gasteiger partial charge in [0.05, 0.1) is 4.58 Å². The van der Waals surface area contributed by atoms with Crippen LogP contribution >= 0.6 is 23.5 Å². The van der Waals surface area contributed by atoms with Crippen molar-refractivity contribution < 1.29 is 0 Å². The summed E-state index contributed by atoms with van der Waals surface area (Å²) < 4.78 is 0.886. The first-order valence-corrected chi connectivity index (χ1v) is 7.84. The number of hydrogen-bond acceptors (Lipinski definition) is 2. The molecule has 0 nitrogen and oxygen atoms in total. The Morgan fingerprint density at radius 1 is 1.14 bits per heavy atom. The monoisotopic (exact) mass is 232 g/mol. The van der Waals surface area contributed by atoms with Gasteiger partial charge in [-0.2, -0.15) is 0 Å². The van der Waals surface area contributed by atoms with Crippen molar-refractivity contribution in [3.8, 4) is 0 Å². The van der Waals surface area contributed by atoms with Crippen LogP contribution in [0.2, 0.25) is 0 Å². The van der Waals surface area contributed by atoms with Crippen LogP contribution in [0.25, 0.3) is 0 Å². The average Bonchev–Trinajstić information content (AvgIpc) is 2.14. The van der Waals surface area contributed by atoms with Crippen molar-refractivity contribution in [2.24, 2.45) is 11.3 Å². The van der Waals surface area contributed by atoms with Crippen LogP contribution in [-0.2, 0) is 0 Å². The first-order valence-electron chi connectivity index (χ1n) is 5.74. The van der Waals surface area contributed by atoms with E-state index in [1.165, 1.54) is 30.8 Å². The molecule has 0 aliphatic carbocycles. The molecule has 1 aliphatic rings. The molecule has 0 saturated carbocycles. The molecule has 0 aromatic rings. The van der Waals surface area contributed by atoms with Crippen LogP contribution in [0.4, 0.5) is 0 Å². The molecule has 0 N–H and O–H groups in total. The van der Waals surface area contributed by atoms with Crippen LogP contribution < -0.4 is 0 Å². The zero-order valence-corrected chi connectivity index (χ0v) is 11.6. The molecule has 14 heavy (non-hydrogen) atoms. The Bertz CT molecular complexity index is 152. The predicted molar refractivity (Wildman–Crippen MR) is 71.2 cm³/mol. The van der Waals surface area contributed by atoms with Crippen LogP contribution in [-0.4, -0.2) is 16.1 Å². The first kappa shape index (κ1) is 12.8. The van der Waals surface area contributed by atoms with E-state index in [4.69, 9.17) is 0 Å². The third-order valence-electron chi connectivity index (χ3n) is 2.74. The van der Waals surface area contributed by atoms with E-state index in [0.717, 1.165) is 10.5 Å². The summed E-state index contributed by atoms with van der Waals surface area (Å²) in [6.45, 7) is 9.36. The second-order valence-electron chi connectivity index (χ2n) is 5.47.